The molecule has 0 bridgehead atoms. The molecule has 1 unspecified atom stereocenters. The molecule has 1 aliphatic rings. The number of carbonyl (C=O) groups excluding carboxylic acids is 2. The Morgan fingerprint density at radius 1 is 1.61 bits per heavy atom. The molecule has 6 heteroatoms. The molecule has 1 aliphatic heterocycles. The number of benzene rings is 1. The Bertz CT molecular complexity index is 485. The van der Waals surface area contributed by atoms with Crippen LogP contribution in [0.3, 0.4) is 0 Å². The number of amides is 1. The molecule has 1 amide bonds. The standard InChI is InChI=1S/C12H13NO5/c1-2-17-12(16)11(15)7-4-3-5-8-10(7)13-9(14)6-18-8/h3-5,11,15H,2,6H2,1H3,(H,13,14). The van der Waals surface area contributed by atoms with E-state index in [0.717, 1.165) is 0 Å². The maximum atomic E-state index is 11.5. The summed E-state index contributed by atoms with van der Waals surface area (Å²) in [6.45, 7) is 1.75. The Kier molecular flexibility index (Phi) is 3.47. The summed E-state index contributed by atoms with van der Waals surface area (Å²) in [7, 11) is 0. The average molecular weight is 251 g/mol. The van der Waals surface area contributed by atoms with E-state index in [-0.39, 0.29) is 24.7 Å². The molecule has 0 aromatic heterocycles. The molecule has 1 aromatic carbocycles. The fourth-order valence-corrected chi connectivity index (χ4v) is 1.70. The fraction of sp³-hybridized carbons (Fsp3) is 0.333. The van der Waals surface area contributed by atoms with Gasteiger partial charge in [-0.1, -0.05) is 12.1 Å². The van der Waals surface area contributed by atoms with Gasteiger partial charge in [0, 0.05) is 5.56 Å². The van der Waals surface area contributed by atoms with Crippen LogP contribution in [0.15, 0.2) is 18.2 Å². The van der Waals surface area contributed by atoms with E-state index >= 15 is 0 Å². The predicted molar refractivity (Wildman–Crippen MR) is 62.2 cm³/mol. The molecule has 18 heavy (non-hydrogen) atoms. The van der Waals surface area contributed by atoms with Crippen molar-refractivity contribution in [1.29, 1.82) is 0 Å². The first-order chi connectivity index (χ1) is 8.63. The van der Waals surface area contributed by atoms with Crippen LogP contribution in [0.4, 0.5) is 5.69 Å². The second kappa shape index (κ2) is 5.05. The van der Waals surface area contributed by atoms with E-state index in [1.165, 1.54) is 6.07 Å². The predicted octanol–water partition coefficient (Wildman–Crippen LogP) is 0.614. The average Bonchev–Trinajstić information content (AvgIpc) is 2.37. The van der Waals surface area contributed by atoms with Gasteiger partial charge in [0.2, 0.25) is 0 Å². The maximum absolute atomic E-state index is 11.5. The van der Waals surface area contributed by atoms with Gasteiger partial charge in [-0.25, -0.2) is 4.79 Å². The number of esters is 1. The van der Waals surface area contributed by atoms with Gasteiger partial charge in [0.05, 0.1) is 12.3 Å². The van der Waals surface area contributed by atoms with Crippen LogP contribution in [0.25, 0.3) is 0 Å². The monoisotopic (exact) mass is 251 g/mol. The molecule has 0 fully saturated rings. The lowest BCUT2D eigenvalue weighted by molar-refractivity contribution is -0.153. The second-order valence-electron chi connectivity index (χ2n) is 3.71. The number of nitrogens with one attached hydrogen (secondary N) is 1. The largest absolute Gasteiger partial charge is 0.482 e. The van der Waals surface area contributed by atoms with Crippen LogP contribution < -0.4 is 10.1 Å². The highest BCUT2D eigenvalue weighted by Crippen LogP contribution is 2.34. The topological polar surface area (TPSA) is 84.9 Å². The zero-order valence-corrected chi connectivity index (χ0v) is 9.80. The summed E-state index contributed by atoms with van der Waals surface area (Å²) in [4.78, 5) is 22.7. The van der Waals surface area contributed by atoms with Gasteiger partial charge in [-0.05, 0) is 13.0 Å². The van der Waals surface area contributed by atoms with Gasteiger partial charge < -0.3 is 19.9 Å². The van der Waals surface area contributed by atoms with Crippen molar-refractivity contribution in [3.63, 3.8) is 0 Å². The highest BCUT2D eigenvalue weighted by atomic mass is 16.5. The van der Waals surface area contributed by atoms with Gasteiger partial charge in [0.1, 0.15) is 5.75 Å². The zero-order chi connectivity index (χ0) is 13.1. The summed E-state index contributed by atoms with van der Waals surface area (Å²) in [6.07, 6.45) is -1.44. The van der Waals surface area contributed by atoms with E-state index < -0.39 is 12.1 Å². The minimum absolute atomic E-state index is 0.0774. The third-order valence-electron chi connectivity index (χ3n) is 2.49. The van der Waals surface area contributed by atoms with E-state index in [1.54, 1.807) is 19.1 Å². The maximum Gasteiger partial charge on any atom is 0.339 e. The van der Waals surface area contributed by atoms with E-state index in [1.807, 2.05) is 0 Å². The van der Waals surface area contributed by atoms with Gasteiger partial charge in [0.25, 0.3) is 5.91 Å². The first-order valence-corrected chi connectivity index (χ1v) is 5.53. The van der Waals surface area contributed by atoms with Gasteiger partial charge in [-0.15, -0.1) is 0 Å². The first kappa shape index (κ1) is 12.4. The molecule has 0 spiro atoms. The number of aliphatic hydroxyl groups is 1. The first-order valence-electron chi connectivity index (χ1n) is 5.53. The van der Waals surface area contributed by atoms with Gasteiger partial charge in [0.15, 0.2) is 12.7 Å². The lowest BCUT2D eigenvalue weighted by atomic mass is 10.1. The van der Waals surface area contributed by atoms with Crippen LogP contribution in [0.1, 0.15) is 18.6 Å². The Morgan fingerprint density at radius 2 is 2.39 bits per heavy atom. The Hall–Kier alpha value is -2.08. The minimum Gasteiger partial charge on any atom is -0.482 e. The van der Waals surface area contributed by atoms with E-state index in [0.29, 0.717) is 11.4 Å². The Morgan fingerprint density at radius 3 is 3.11 bits per heavy atom. The third-order valence-corrected chi connectivity index (χ3v) is 2.49. The lowest BCUT2D eigenvalue weighted by Crippen LogP contribution is -2.27. The summed E-state index contributed by atoms with van der Waals surface area (Å²) < 4.78 is 9.92. The summed E-state index contributed by atoms with van der Waals surface area (Å²) in [5.41, 5.74) is 0.577. The third kappa shape index (κ3) is 2.28. The van der Waals surface area contributed by atoms with Crippen LogP contribution in [-0.2, 0) is 14.3 Å². The quantitative estimate of drug-likeness (QED) is 0.769. The van der Waals surface area contributed by atoms with Crippen molar-refractivity contribution < 1.29 is 24.2 Å². The number of hydrogen-bond donors (Lipinski definition) is 2. The van der Waals surface area contributed by atoms with Gasteiger partial charge >= 0.3 is 5.97 Å². The number of anilines is 1. The van der Waals surface area contributed by atoms with Crippen molar-refractivity contribution >= 4 is 17.6 Å². The number of aliphatic hydroxyl groups excluding tert-OH is 1. The highest BCUT2D eigenvalue weighted by molar-refractivity contribution is 5.97. The molecule has 96 valence electrons. The molecule has 0 radical (unpaired) electrons. The van der Waals surface area contributed by atoms with E-state index in [9.17, 15) is 14.7 Å². The van der Waals surface area contributed by atoms with Crippen LogP contribution in [0.2, 0.25) is 0 Å². The molecule has 0 saturated carbocycles. The molecule has 2 rings (SSSR count). The summed E-state index contributed by atoms with van der Waals surface area (Å²) >= 11 is 0. The number of hydrogen-bond acceptors (Lipinski definition) is 5. The van der Waals surface area contributed by atoms with Crippen molar-refractivity contribution in [2.45, 2.75) is 13.0 Å². The number of rotatable bonds is 3. The molecule has 1 atom stereocenters. The van der Waals surface area contributed by atoms with Crippen LogP contribution in [0, 0.1) is 0 Å². The van der Waals surface area contributed by atoms with Crippen molar-refractivity contribution in [3.8, 4) is 5.75 Å². The molecular formula is C12H13NO5. The van der Waals surface area contributed by atoms with Gasteiger partial charge in [-0.2, -0.15) is 0 Å². The van der Waals surface area contributed by atoms with E-state index in [2.05, 4.69) is 5.32 Å². The molecule has 0 aliphatic carbocycles. The van der Waals surface area contributed by atoms with Crippen LogP contribution >= 0.6 is 0 Å². The number of fused-ring (bicyclic) bond motifs is 1. The summed E-state index contributed by atoms with van der Waals surface area (Å²) in [5, 5.41) is 12.5. The SMILES string of the molecule is CCOC(=O)C(O)c1cccc2c1NC(=O)CO2. The Balaban J connectivity index is 2.33. The zero-order valence-electron chi connectivity index (χ0n) is 9.80. The molecule has 1 aromatic rings. The normalized spacial score (nSPS) is 15.1. The van der Waals surface area contributed by atoms with Crippen molar-refractivity contribution in [2.75, 3.05) is 18.5 Å². The Labute approximate surface area is 104 Å². The van der Waals surface area contributed by atoms with Crippen molar-refractivity contribution in [3.05, 3.63) is 23.8 Å². The lowest BCUT2D eigenvalue weighted by Gasteiger charge is -2.22. The van der Waals surface area contributed by atoms with Gasteiger partial charge in [-0.3, -0.25) is 4.79 Å². The van der Waals surface area contributed by atoms with Crippen molar-refractivity contribution in [2.24, 2.45) is 0 Å². The number of carbonyl (C=O) groups is 2. The summed E-state index contributed by atoms with van der Waals surface area (Å²) in [6, 6.07) is 4.82. The molecule has 2 N–H and O–H groups in total. The minimum atomic E-state index is -1.44. The highest BCUT2D eigenvalue weighted by Gasteiger charge is 2.27. The van der Waals surface area contributed by atoms with E-state index in [4.69, 9.17) is 9.47 Å². The summed E-state index contributed by atoms with van der Waals surface area (Å²) in [5.74, 6) is -0.660. The fourth-order valence-electron chi connectivity index (χ4n) is 1.70. The molecule has 1 heterocycles. The van der Waals surface area contributed by atoms with Crippen molar-refractivity contribution in [1.82, 2.24) is 0 Å². The molecule has 0 saturated heterocycles. The second-order valence-corrected chi connectivity index (χ2v) is 3.71. The van der Waals surface area contributed by atoms with Crippen LogP contribution in [-0.4, -0.2) is 30.2 Å². The number of para-hydroxylation sites is 1. The van der Waals surface area contributed by atoms with Crippen LogP contribution in [0.5, 0.6) is 5.75 Å². The number of ether oxygens (including phenoxy) is 2. The molecular weight excluding hydrogens is 238 g/mol. The smallest absolute Gasteiger partial charge is 0.339 e. The molecule has 6 nitrogen and oxygen atoms in total.